The highest BCUT2D eigenvalue weighted by atomic mass is 32.2. The van der Waals surface area contributed by atoms with Crippen molar-refractivity contribution in [3.8, 4) is 0 Å². The molecule has 0 radical (unpaired) electrons. The van der Waals surface area contributed by atoms with E-state index < -0.39 is 10.0 Å². The summed E-state index contributed by atoms with van der Waals surface area (Å²) in [6.45, 7) is 0. The largest absolute Gasteiger partial charge is 0.323 e. The zero-order valence-corrected chi connectivity index (χ0v) is 9.79. The molecule has 0 spiro atoms. The second kappa shape index (κ2) is 4.89. The van der Waals surface area contributed by atoms with Crippen molar-refractivity contribution >= 4 is 21.7 Å². The van der Waals surface area contributed by atoms with Gasteiger partial charge < -0.3 is 5.43 Å². The molecule has 0 unspecified atom stereocenters. The lowest BCUT2D eigenvalue weighted by molar-refractivity contribution is 0.600. The van der Waals surface area contributed by atoms with Crippen LogP contribution in [0.3, 0.4) is 0 Å². The van der Waals surface area contributed by atoms with Crippen LogP contribution in [0.25, 0.3) is 0 Å². The molecular formula is C8H9N7O2S. The number of rotatable bonds is 4. The molecule has 0 atom stereocenters. The van der Waals surface area contributed by atoms with Crippen molar-refractivity contribution < 1.29 is 8.42 Å². The van der Waals surface area contributed by atoms with E-state index in [0.29, 0.717) is 0 Å². The first-order valence-corrected chi connectivity index (χ1v) is 6.19. The molecule has 0 bridgehead atoms. The number of nitrogen functional groups attached to an aromatic ring is 1. The second-order valence-electron chi connectivity index (χ2n) is 3.09. The summed E-state index contributed by atoms with van der Waals surface area (Å²) in [4.78, 5) is 7.33. The predicted molar refractivity (Wildman–Crippen MR) is 62.7 cm³/mol. The maximum absolute atomic E-state index is 12.0. The van der Waals surface area contributed by atoms with Crippen LogP contribution in [0.1, 0.15) is 0 Å². The molecule has 0 aliphatic heterocycles. The molecule has 18 heavy (non-hydrogen) atoms. The van der Waals surface area contributed by atoms with E-state index in [0.717, 1.165) is 6.20 Å². The van der Waals surface area contributed by atoms with Gasteiger partial charge in [0.25, 0.3) is 16.0 Å². The zero-order valence-electron chi connectivity index (χ0n) is 8.98. The van der Waals surface area contributed by atoms with E-state index in [9.17, 15) is 8.42 Å². The standard InChI is InChI=1S/C8H9N7O2S/c9-13-6-1-2-10-5-7(6)18(16,17)15-8-11-3-4-12-14-8/h1-5H,9H2,(H,10,13)(H,11,14,15). The zero-order chi connectivity index (χ0) is 13.0. The normalized spacial score (nSPS) is 10.9. The van der Waals surface area contributed by atoms with E-state index in [1.807, 2.05) is 0 Å². The number of hydrogen-bond donors (Lipinski definition) is 3. The van der Waals surface area contributed by atoms with Crippen LogP contribution >= 0.6 is 0 Å². The SMILES string of the molecule is NNc1ccncc1S(=O)(=O)Nc1nccnn1. The fourth-order valence-electron chi connectivity index (χ4n) is 1.18. The molecule has 2 aromatic heterocycles. The lowest BCUT2D eigenvalue weighted by Gasteiger charge is -2.09. The minimum absolute atomic E-state index is 0.111. The summed E-state index contributed by atoms with van der Waals surface area (Å²) in [6, 6.07) is 1.43. The van der Waals surface area contributed by atoms with Gasteiger partial charge in [-0.3, -0.25) is 10.8 Å². The molecule has 0 saturated heterocycles. The molecule has 10 heteroatoms. The van der Waals surface area contributed by atoms with Gasteiger partial charge in [-0.25, -0.2) is 18.1 Å². The lowest BCUT2D eigenvalue weighted by atomic mass is 10.4. The van der Waals surface area contributed by atoms with Crippen LogP contribution in [0.5, 0.6) is 0 Å². The van der Waals surface area contributed by atoms with E-state index >= 15 is 0 Å². The smallest absolute Gasteiger partial charge is 0.267 e. The average molecular weight is 267 g/mol. The maximum Gasteiger partial charge on any atom is 0.267 e. The number of nitrogens with zero attached hydrogens (tertiary/aromatic N) is 4. The predicted octanol–water partition coefficient (Wildman–Crippen LogP) is -0.647. The van der Waals surface area contributed by atoms with Gasteiger partial charge in [0.2, 0.25) is 0 Å². The van der Waals surface area contributed by atoms with Gasteiger partial charge in [0.05, 0.1) is 18.1 Å². The molecule has 2 heterocycles. The van der Waals surface area contributed by atoms with Crippen molar-refractivity contribution in [3.63, 3.8) is 0 Å². The Bertz CT molecular complexity index is 631. The Morgan fingerprint density at radius 1 is 1.22 bits per heavy atom. The van der Waals surface area contributed by atoms with Crippen LogP contribution in [0.4, 0.5) is 11.6 Å². The van der Waals surface area contributed by atoms with Crippen molar-refractivity contribution in [2.45, 2.75) is 4.90 Å². The Morgan fingerprint density at radius 3 is 2.72 bits per heavy atom. The molecule has 4 N–H and O–H groups in total. The molecule has 2 rings (SSSR count). The van der Waals surface area contributed by atoms with Crippen molar-refractivity contribution in [1.82, 2.24) is 20.2 Å². The highest BCUT2D eigenvalue weighted by molar-refractivity contribution is 7.92. The van der Waals surface area contributed by atoms with Crippen LogP contribution in [0.15, 0.2) is 35.7 Å². The average Bonchev–Trinajstić information content (AvgIpc) is 2.39. The van der Waals surface area contributed by atoms with E-state index in [1.165, 1.54) is 24.7 Å². The van der Waals surface area contributed by atoms with Crippen LogP contribution in [-0.4, -0.2) is 28.6 Å². The van der Waals surface area contributed by atoms with Gasteiger partial charge in [-0.2, -0.15) is 5.10 Å². The summed E-state index contributed by atoms with van der Waals surface area (Å²) in [6.07, 6.45) is 5.22. The number of aromatic nitrogens is 4. The lowest BCUT2D eigenvalue weighted by Crippen LogP contribution is -2.19. The Balaban J connectivity index is 2.37. The van der Waals surface area contributed by atoms with Crippen molar-refractivity contribution in [1.29, 1.82) is 0 Å². The summed E-state index contributed by atoms with van der Waals surface area (Å²) in [5.41, 5.74) is 2.48. The fraction of sp³-hybridized carbons (Fsp3) is 0. The van der Waals surface area contributed by atoms with Gasteiger partial charge >= 0.3 is 0 Å². The Morgan fingerprint density at radius 2 is 2.06 bits per heavy atom. The molecule has 94 valence electrons. The molecule has 0 aliphatic rings. The van der Waals surface area contributed by atoms with Gasteiger partial charge in [0.15, 0.2) is 0 Å². The van der Waals surface area contributed by atoms with Gasteiger partial charge in [0, 0.05) is 12.4 Å². The summed E-state index contributed by atoms with van der Waals surface area (Å²) < 4.78 is 26.2. The number of nitrogens with two attached hydrogens (primary N) is 1. The first-order valence-electron chi connectivity index (χ1n) is 4.70. The summed E-state index contributed by atoms with van der Waals surface area (Å²) in [7, 11) is -3.88. The van der Waals surface area contributed by atoms with Crippen molar-refractivity contribution in [2.75, 3.05) is 10.1 Å². The third-order valence-electron chi connectivity index (χ3n) is 1.94. The number of sulfonamides is 1. The van der Waals surface area contributed by atoms with E-state index in [1.54, 1.807) is 0 Å². The second-order valence-corrected chi connectivity index (χ2v) is 4.74. The van der Waals surface area contributed by atoms with Gasteiger partial charge in [0.1, 0.15) is 4.90 Å². The summed E-state index contributed by atoms with van der Waals surface area (Å²) in [5.74, 6) is 5.09. The topological polar surface area (TPSA) is 136 Å². The number of anilines is 2. The molecule has 0 aromatic carbocycles. The van der Waals surface area contributed by atoms with Crippen LogP contribution in [0, 0.1) is 0 Å². The Labute approximate surface area is 103 Å². The third kappa shape index (κ3) is 2.49. The summed E-state index contributed by atoms with van der Waals surface area (Å²) >= 11 is 0. The van der Waals surface area contributed by atoms with Crippen LogP contribution in [0.2, 0.25) is 0 Å². The van der Waals surface area contributed by atoms with E-state index in [2.05, 4.69) is 30.3 Å². The maximum atomic E-state index is 12.0. The molecular weight excluding hydrogens is 258 g/mol. The van der Waals surface area contributed by atoms with E-state index in [4.69, 9.17) is 5.84 Å². The van der Waals surface area contributed by atoms with Crippen LogP contribution < -0.4 is 16.0 Å². The molecule has 0 fully saturated rings. The highest BCUT2D eigenvalue weighted by Crippen LogP contribution is 2.19. The fourth-order valence-corrected chi connectivity index (χ4v) is 2.24. The van der Waals surface area contributed by atoms with Crippen molar-refractivity contribution in [2.24, 2.45) is 5.84 Å². The van der Waals surface area contributed by atoms with Crippen molar-refractivity contribution in [3.05, 3.63) is 30.9 Å². The highest BCUT2D eigenvalue weighted by Gasteiger charge is 2.19. The minimum atomic E-state index is -3.88. The minimum Gasteiger partial charge on any atom is -0.323 e. The molecule has 9 nitrogen and oxygen atoms in total. The van der Waals surface area contributed by atoms with Gasteiger partial charge in [-0.15, -0.1) is 5.10 Å². The Kier molecular flexibility index (Phi) is 3.30. The molecule has 2 aromatic rings. The monoisotopic (exact) mass is 267 g/mol. The van der Waals surface area contributed by atoms with Crippen LogP contribution in [-0.2, 0) is 10.0 Å². The van der Waals surface area contributed by atoms with E-state index in [-0.39, 0.29) is 16.5 Å². The van der Waals surface area contributed by atoms with Gasteiger partial charge in [-0.1, -0.05) is 0 Å². The van der Waals surface area contributed by atoms with Gasteiger partial charge in [-0.05, 0) is 6.07 Å². The number of hydrazine groups is 1. The first kappa shape index (κ1) is 12.1. The molecule has 0 saturated carbocycles. The quantitative estimate of drug-likeness (QED) is 0.491. The molecule has 0 aliphatic carbocycles. The number of nitrogens with one attached hydrogen (secondary N) is 2. The molecule has 0 amide bonds. The first-order chi connectivity index (χ1) is 8.63. The number of pyridine rings is 1. The third-order valence-corrected chi connectivity index (χ3v) is 3.29. The summed E-state index contributed by atoms with van der Waals surface area (Å²) in [5, 5.41) is 7.03. The number of hydrogen-bond acceptors (Lipinski definition) is 8. The Hall–Kier alpha value is -2.33.